The van der Waals surface area contributed by atoms with E-state index >= 15 is 0 Å². The number of aliphatic hydroxyl groups is 1. The zero-order chi connectivity index (χ0) is 17.5. The molecule has 1 aliphatic carbocycles. The summed E-state index contributed by atoms with van der Waals surface area (Å²) in [4.78, 5) is 2.10. The monoisotopic (exact) mass is 343 g/mol. The Hall–Kier alpha value is -0.950. The van der Waals surface area contributed by atoms with Crippen LogP contribution >= 0.6 is 0 Å². The quantitative estimate of drug-likeness (QED) is 0.807. The topological polar surface area (TPSA) is 77.8 Å². The van der Waals surface area contributed by atoms with E-state index in [2.05, 4.69) is 19.0 Å². The van der Waals surface area contributed by atoms with Crippen molar-refractivity contribution in [3.05, 3.63) is 29.8 Å². The molecule has 2 rings (SSSR count). The molecule has 1 saturated carbocycles. The van der Waals surface area contributed by atoms with Gasteiger partial charge in [0.15, 0.2) is 0 Å². The highest BCUT2D eigenvalue weighted by molar-refractivity contribution is 7.85. The van der Waals surface area contributed by atoms with Crippen molar-refractivity contribution in [1.29, 1.82) is 0 Å². The van der Waals surface area contributed by atoms with Gasteiger partial charge in [0.1, 0.15) is 0 Å². The standard InChI is InChI=1S/C10H21NO.C7H8O3S/c1-11(2)9-7-5-3-4-6-8-10(9)12;1-6-2-4-7(5-3-6)11(8,9)10/h9-10,12H,3-8H2,1-2H3;2-5H,1H3,(H,8,9,10)/t9-,10-;/m1./s1. The highest BCUT2D eigenvalue weighted by Crippen LogP contribution is 2.20. The predicted octanol–water partition coefficient (Wildman–Crippen LogP) is 2.87. The molecule has 2 atom stereocenters. The summed E-state index contributed by atoms with van der Waals surface area (Å²) >= 11 is 0. The van der Waals surface area contributed by atoms with Gasteiger partial charge in [0, 0.05) is 6.04 Å². The van der Waals surface area contributed by atoms with Gasteiger partial charge in [-0.15, -0.1) is 0 Å². The molecule has 1 aromatic rings. The van der Waals surface area contributed by atoms with E-state index < -0.39 is 10.1 Å². The number of hydrogen-bond donors (Lipinski definition) is 2. The summed E-state index contributed by atoms with van der Waals surface area (Å²) in [5, 5.41) is 9.80. The Balaban J connectivity index is 0.000000231. The summed E-state index contributed by atoms with van der Waals surface area (Å²) in [6.45, 7) is 1.84. The van der Waals surface area contributed by atoms with E-state index in [9.17, 15) is 13.5 Å². The highest BCUT2D eigenvalue weighted by atomic mass is 32.2. The molecule has 1 aliphatic rings. The average Bonchev–Trinajstić information content (AvgIpc) is 2.43. The minimum atomic E-state index is -4.02. The smallest absolute Gasteiger partial charge is 0.294 e. The van der Waals surface area contributed by atoms with Crippen LogP contribution < -0.4 is 0 Å². The summed E-state index contributed by atoms with van der Waals surface area (Å²) in [6, 6.07) is 6.38. The van der Waals surface area contributed by atoms with Crippen LogP contribution in [-0.4, -0.2) is 49.2 Å². The van der Waals surface area contributed by atoms with Crippen LogP contribution in [0.5, 0.6) is 0 Å². The largest absolute Gasteiger partial charge is 0.391 e. The van der Waals surface area contributed by atoms with Crippen LogP contribution in [-0.2, 0) is 10.1 Å². The van der Waals surface area contributed by atoms with Crippen molar-refractivity contribution in [2.45, 2.75) is 62.5 Å². The van der Waals surface area contributed by atoms with Crippen LogP contribution in [0.2, 0.25) is 0 Å². The lowest BCUT2D eigenvalue weighted by Crippen LogP contribution is -2.39. The first-order valence-electron chi connectivity index (χ1n) is 8.10. The molecular formula is C17H29NO4S. The fourth-order valence-electron chi connectivity index (χ4n) is 2.76. The SMILES string of the molecule is CN(C)[C@@H]1CCCCCC[C@H]1O.Cc1ccc(S(=O)(=O)O)cc1. The molecule has 0 bridgehead atoms. The molecule has 1 fully saturated rings. The van der Waals surface area contributed by atoms with Crippen LogP contribution in [0.4, 0.5) is 0 Å². The Bertz CT molecular complexity index is 554. The molecular weight excluding hydrogens is 314 g/mol. The van der Waals surface area contributed by atoms with Crippen LogP contribution in [0, 0.1) is 6.92 Å². The summed E-state index contributed by atoms with van der Waals surface area (Å²) in [7, 11) is 0.110. The normalized spacial score (nSPS) is 22.7. The first-order valence-corrected chi connectivity index (χ1v) is 9.54. The molecule has 0 unspecified atom stereocenters. The van der Waals surface area contributed by atoms with Gasteiger partial charge in [-0.1, -0.05) is 43.4 Å². The van der Waals surface area contributed by atoms with E-state index in [1.54, 1.807) is 12.1 Å². The maximum absolute atomic E-state index is 10.5. The molecule has 0 heterocycles. The predicted molar refractivity (Wildman–Crippen MR) is 92.2 cm³/mol. The summed E-state index contributed by atoms with van der Waals surface area (Å²) in [5.74, 6) is 0. The van der Waals surface area contributed by atoms with Crippen LogP contribution in [0.15, 0.2) is 29.2 Å². The van der Waals surface area contributed by atoms with Gasteiger partial charge in [-0.05, 0) is 46.0 Å². The summed E-state index contributed by atoms with van der Waals surface area (Å²) in [6.07, 6.45) is 7.18. The molecule has 0 aliphatic heterocycles. The van der Waals surface area contributed by atoms with Crippen LogP contribution in [0.1, 0.15) is 44.1 Å². The Kier molecular flexibility index (Phi) is 8.19. The third kappa shape index (κ3) is 7.44. The molecule has 1 aromatic carbocycles. The second-order valence-electron chi connectivity index (χ2n) is 6.38. The second-order valence-corrected chi connectivity index (χ2v) is 7.80. The lowest BCUT2D eigenvalue weighted by atomic mass is 9.94. The van der Waals surface area contributed by atoms with Crippen molar-refractivity contribution in [1.82, 2.24) is 4.90 Å². The zero-order valence-corrected chi connectivity index (χ0v) is 15.1. The third-order valence-corrected chi connectivity index (χ3v) is 5.04. The fraction of sp³-hybridized carbons (Fsp3) is 0.647. The second kappa shape index (κ2) is 9.37. The fourth-order valence-corrected chi connectivity index (χ4v) is 3.24. The van der Waals surface area contributed by atoms with Crippen LogP contribution in [0.3, 0.4) is 0 Å². The molecule has 2 N–H and O–H groups in total. The number of aliphatic hydroxyl groups excluding tert-OH is 1. The number of nitrogens with zero attached hydrogens (tertiary/aromatic N) is 1. The van der Waals surface area contributed by atoms with E-state index in [0.717, 1.165) is 18.4 Å². The number of hydrogen-bond acceptors (Lipinski definition) is 4. The molecule has 0 saturated heterocycles. The Morgan fingerprint density at radius 1 is 1.00 bits per heavy atom. The van der Waals surface area contributed by atoms with Crippen molar-refractivity contribution >= 4 is 10.1 Å². The first-order chi connectivity index (χ1) is 10.7. The van der Waals surface area contributed by atoms with E-state index in [4.69, 9.17) is 4.55 Å². The van der Waals surface area contributed by atoms with Crippen molar-refractivity contribution in [2.24, 2.45) is 0 Å². The van der Waals surface area contributed by atoms with Gasteiger partial charge in [0.25, 0.3) is 10.1 Å². The number of likely N-dealkylation sites (N-methyl/N-ethyl adjacent to an activating group) is 1. The maximum atomic E-state index is 10.5. The molecule has 23 heavy (non-hydrogen) atoms. The minimum Gasteiger partial charge on any atom is -0.391 e. The van der Waals surface area contributed by atoms with E-state index in [1.165, 1.54) is 37.8 Å². The van der Waals surface area contributed by atoms with Gasteiger partial charge < -0.3 is 10.0 Å². The Morgan fingerprint density at radius 2 is 1.52 bits per heavy atom. The molecule has 6 heteroatoms. The van der Waals surface area contributed by atoms with E-state index in [0.29, 0.717) is 6.04 Å². The molecule has 0 spiro atoms. The lowest BCUT2D eigenvalue weighted by Gasteiger charge is -2.30. The molecule has 0 aromatic heterocycles. The number of benzene rings is 1. The molecule has 132 valence electrons. The lowest BCUT2D eigenvalue weighted by molar-refractivity contribution is 0.0559. The van der Waals surface area contributed by atoms with Gasteiger partial charge in [-0.25, -0.2) is 0 Å². The maximum Gasteiger partial charge on any atom is 0.294 e. The van der Waals surface area contributed by atoms with Crippen LogP contribution in [0.25, 0.3) is 0 Å². The molecule has 0 radical (unpaired) electrons. The van der Waals surface area contributed by atoms with Gasteiger partial charge >= 0.3 is 0 Å². The molecule has 5 nitrogen and oxygen atoms in total. The first kappa shape index (κ1) is 20.1. The van der Waals surface area contributed by atoms with Crippen molar-refractivity contribution in [2.75, 3.05) is 14.1 Å². The number of aryl methyl sites for hydroxylation is 1. The van der Waals surface area contributed by atoms with Crippen molar-refractivity contribution in [3.8, 4) is 0 Å². The van der Waals surface area contributed by atoms with Crippen molar-refractivity contribution in [3.63, 3.8) is 0 Å². The number of rotatable bonds is 2. The Labute approximate surface area is 140 Å². The average molecular weight is 343 g/mol. The highest BCUT2D eigenvalue weighted by Gasteiger charge is 2.21. The van der Waals surface area contributed by atoms with Gasteiger partial charge in [0.05, 0.1) is 11.0 Å². The van der Waals surface area contributed by atoms with Crippen molar-refractivity contribution < 1.29 is 18.1 Å². The van der Waals surface area contributed by atoms with Gasteiger partial charge in [-0.2, -0.15) is 8.42 Å². The molecule has 0 amide bonds. The van der Waals surface area contributed by atoms with Gasteiger partial charge in [0.2, 0.25) is 0 Å². The summed E-state index contributed by atoms with van der Waals surface area (Å²) in [5.41, 5.74) is 0.956. The minimum absolute atomic E-state index is 0.0666. The van der Waals surface area contributed by atoms with E-state index in [1.807, 2.05) is 6.92 Å². The van der Waals surface area contributed by atoms with E-state index in [-0.39, 0.29) is 11.0 Å². The Morgan fingerprint density at radius 3 is 2.00 bits per heavy atom. The zero-order valence-electron chi connectivity index (χ0n) is 14.3. The van der Waals surface area contributed by atoms with Gasteiger partial charge in [-0.3, -0.25) is 4.55 Å². The summed E-state index contributed by atoms with van der Waals surface area (Å²) < 4.78 is 29.6. The third-order valence-electron chi connectivity index (χ3n) is 4.18.